The fraction of sp³-hybridized carbons (Fsp3) is 0.312. The van der Waals surface area contributed by atoms with Crippen molar-refractivity contribution in [3.05, 3.63) is 47.2 Å². The molecule has 2 rings (SSSR count). The summed E-state index contributed by atoms with van der Waals surface area (Å²) in [5, 5.41) is 9.04. The van der Waals surface area contributed by atoms with Gasteiger partial charge in [0.15, 0.2) is 0 Å². The van der Waals surface area contributed by atoms with Crippen molar-refractivity contribution in [2.24, 2.45) is 0 Å². The van der Waals surface area contributed by atoms with E-state index in [1.165, 1.54) is 16.9 Å². The highest BCUT2D eigenvalue weighted by atomic mass is 16.5. The molecule has 2 amide bonds. The molecule has 22 heavy (non-hydrogen) atoms. The van der Waals surface area contributed by atoms with Gasteiger partial charge in [0.05, 0.1) is 24.8 Å². The largest absolute Gasteiger partial charge is 0.466 e. The molecule has 0 saturated carbocycles. The molecular weight excluding hydrogens is 282 g/mol. The van der Waals surface area contributed by atoms with Crippen LogP contribution < -0.4 is 0 Å². The van der Waals surface area contributed by atoms with Gasteiger partial charge in [-0.3, -0.25) is 4.90 Å². The predicted octanol–water partition coefficient (Wildman–Crippen LogP) is 2.07. The fourth-order valence-electron chi connectivity index (χ4n) is 2.57. The topological polar surface area (TPSA) is 73.6 Å². The number of urea groups is 1. The third-order valence-corrected chi connectivity index (χ3v) is 3.77. The molecule has 0 aliphatic carbocycles. The Labute approximate surface area is 129 Å². The molecule has 1 aromatic carbocycles. The number of ether oxygens (including phenoxy) is 1. The van der Waals surface area contributed by atoms with Crippen LogP contribution in [0.15, 0.2) is 41.6 Å². The average molecular weight is 299 g/mol. The molecule has 0 spiro atoms. The Kier molecular flexibility index (Phi) is 4.47. The summed E-state index contributed by atoms with van der Waals surface area (Å²) < 4.78 is 4.88. The van der Waals surface area contributed by atoms with Crippen molar-refractivity contribution in [2.45, 2.75) is 13.0 Å². The van der Waals surface area contributed by atoms with Gasteiger partial charge in [0.1, 0.15) is 6.54 Å². The van der Waals surface area contributed by atoms with Crippen molar-refractivity contribution in [3.63, 3.8) is 0 Å². The lowest BCUT2D eigenvalue weighted by Crippen LogP contribution is -2.49. The summed E-state index contributed by atoms with van der Waals surface area (Å²) in [6, 6.07) is 10.2. The van der Waals surface area contributed by atoms with E-state index in [4.69, 9.17) is 10.00 Å². The van der Waals surface area contributed by atoms with Gasteiger partial charge in [-0.2, -0.15) is 5.26 Å². The van der Waals surface area contributed by atoms with Gasteiger partial charge in [-0.15, -0.1) is 0 Å². The summed E-state index contributed by atoms with van der Waals surface area (Å²) in [5.41, 5.74) is 1.66. The van der Waals surface area contributed by atoms with Gasteiger partial charge < -0.3 is 9.64 Å². The van der Waals surface area contributed by atoms with Crippen molar-refractivity contribution in [1.82, 2.24) is 9.80 Å². The Morgan fingerprint density at radius 2 is 2.00 bits per heavy atom. The highest BCUT2D eigenvalue weighted by molar-refractivity contribution is 5.95. The lowest BCUT2D eigenvalue weighted by atomic mass is 9.93. The summed E-state index contributed by atoms with van der Waals surface area (Å²) >= 11 is 0. The number of methoxy groups -OCH3 is 1. The minimum Gasteiger partial charge on any atom is -0.466 e. The van der Waals surface area contributed by atoms with Crippen LogP contribution in [0, 0.1) is 11.3 Å². The van der Waals surface area contributed by atoms with Crippen LogP contribution in [-0.2, 0) is 9.53 Å². The van der Waals surface area contributed by atoms with E-state index in [1.54, 1.807) is 14.0 Å². The van der Waals surface area contributed by atoms with Crippen molar-refractivity contribution in [2.75, 3.05) is 20.7 Å². The molecular formula is C16H17N3O3. The van der Waals surface area contributed by atoms with Gasteiger partial charge >= 0.3 is 12.0 Å². The minimum absolute atomic E-state index is 0.115. The number of amides is 2. The van der Waals surface area contributed by atoms with Gasteiger partial charge in [0, 0.05) is 12.7 Å². The second-order valence-electron chi connectivity index (χ2n) is 4.93. The van der Waals surface area contributed by atoms with Crippen LogP contribution in [0.1, 0.15) is 18.5 Å². The maximum absolute atomic E-state index is 12.5. The number of nitriles is 1. The van der Waals surface area contributed by atoms with Crippen LogP contribution in [0.4, 0.5) is 4.79 Å². The maximum Gasteiger partial charge on any atom is 0.337 e. The first-order chi connectivity index (χ1) is 10.5. The van der Waals surface area contributed by atoms with Crippen molar-refractivity contribution in [3.8, 4) is 6.07 Å². The molecule has 6 nitrogen and oxygen atoms in total. The number of esters is 1. The van der Waals surface area contributed by atoms with E-state index in [1.807, 2.05) is 36.4 Å². The molecule has 6 heteroatoms. The van der Waals surface area contributed by atoms with E-state index in [-0.39, 0.29) is 12.6 Å². The first kappa shape index (κ1) is 15.6. The van der Waals surface area contributed by atoms with Gasteiger partial charge in [-0.25, -0.2) is 9.59 Å². The third-order valence-electron chi connectivity index (χ3n) is 3.77. The fourth-order valence-corrected chi connectivity index (χ4v) is 2.57. The molecule has 114 valence electrons. The zero-order valence-corrected chi connectivity index (χ0v) is 12.7. The molecule has 0 N–H and O–H groups in total. The van der Waals surface area contributed by atoms with Crippen LogP contribution in [0.3, 0.4) is 0 Å². The molecule has 0 fully saturated rings. The van der Waals surface area contributed by atoms with Crippen molar-refractivity contribution in [1.29, 1.82) is 5.26 Å². The molecule has 0 saturated heterocycles. The molecule has 1 heterocycles. The monoisotopic (exact) mass is 299 g/mol. The SMILES string of the molecule is COC(=O)C1=C(C)N(C)C(=O)N(CC#N)C1c1ccccc1. The van der Waals surface area contributed by atoms with Gasteiger partial charge in [0.2, 0.25) is 0 Å². The molecule has 0 aromatic heterocycles. The Bertz CT molecular complexity index is 661. The number of hydrogen-bond acceptors (Lipinski definition) is 4. The Balaban J connectivity index is 2.66. The second kappa shape index (κ2) is 6.31. The number of allylic oxidation sites excluding steroid dienone is 1. The van der Waals surface area contributed by atoms with Crippen molar-refractivity contribution >= 4 is 12.0 Å². The quantitative estimate of drug-likeness (QED) is 0.632. The van der Waals surface area contributed by atoms with E-state index in [2.05, 4.69) is 0 Å². The van der Waals surface area contributed by atoms with E-state index in [0.717, 1.165) is 5.56 Å². The summed E-state index contributed by atoms with van der Waals surface area (Å²) in [6.45, 7) is 1.58. The highest BCUT2D eigenvalue weighted by Gasteiger charge is 2.40. The number of carbonyl (C=O) groups excluding carboxylic acids is 2. The first-order valence-electron chi connectivity index (χ1n) is 6.78. The summed E-state index contributed by atoms with van der Waals surface area (Å²) in [4.78, 5) is 27.4. The number of benzene rings is 1. The third kappa shape index (κ3) is 2.53. The predicted molar refractivity (Wildman–Crippen MR) is 79.4 cm³/mol. The average Bonchev–Trinajstić information content (AvgIpc) is 2.55. The van der Waals surface area contributed by atoms with Crippen LogP contribution in [-0.4, -0.2) is 42.5 Å². The van der Waals surface area contributed by atoms with E-state index in [0.29, 0.717) is 11.3 Å². The van der Waals surface area contributed by atoms with Gasteiger partial charge in [-0.05, 0) is 12.5 Å². The second-order valence-corrected chi connectivity index (χ2v) is 4.93. The van der Waals surface area contributed by atoms with Gasteiger partial charge in [-0.1, -0.05) is 30.3 Å². The maximum atomic E-state index is 12.5. The smallest absolute Gasteiger partial charge is 0.337 e. The number of hydrogen-bond donors (Lipinski definition) is 0. The Morgan fingerprint density at radius 1 is 1.36 bits per heavy atom. The first-order valence-corrected chi connectivity index (χ1v) is 6.78. The molecule has 1 aliphatic rings. The number of nitrogens with zero attached hydrogens (tertiary/aromatic N) is 3. The molecule has 1 atom stereocenters. The zero-order chi connectivity index (χ0) is 16.3. The molecule has 0 radical (unpaired) electrons. The summed E-state index contributed by atoms with van der Waals surface area (Å²) in [5.74, 6) is -0.506. The normalized spacial score (nSPS) is 18.3. The molecule has 1 unspecified atom stereocenters. The Morgan fingerprint density at radius 3 is 2.55 bits per heavy atom. The number of rotatable bonds is 3. The van der Waals surface area contributed by atoms with E-state index in [9.17, 15) is 9.59 Å². The van der Waals surface area contributed by atoms with Crippen LogP contribution in [0.5, 0.6) is 0 Å². The van der Waals surface area contributed by atoms with Crippen LogP contribution in [0.2, 0.25) is 0 Å². The highest BCUT2D eigenvalue weighted by Crippen LogP contribution is 2.36. The lowest BCUT2D eigenvalue weighted by Gasteiger charge is -2.40. The summed E-state index contributed by atoms with van der Waals surface area (Å²) in [6.07, 6.45) is 0. The molecule has 1 aromatic rings. The molecule has 0 bridgehead atoms. The summed E-state index contributed by atoms with van der Waals surface area (Å²) in [7, 11) is 2.88. The number of carbonyl (C=O) groups is 2. The minimum atomic E-state index is -0.628. The van der Waals surface area contributed by atoms with E-state index < -0.39 is 12.0 Å². The van der Waals surface area contributed by atoms with Gasteiger partial charge in [0.25, 0.3) is 0 Å². The zero-order valence-electron chi connectivity index (χ0n) is 12.7. The van der Waals surface area contributed by atoms with E-state index >= 15 is 0 Å². The molecule has 1 aliphatic heterocycles. The van der Waals surface area contributed by atoms with Crippen LogP contribution >= 0.6 is 0 Å². The van der Waals surface area contributed by atoms with Crippen LogP contribution in [0.25, 0.3) is 0 Å². The Hall–Kier alpha value is -2.81. The standard InChI is InChI=1S/C16H17N3O3/c1-11-13(15(20)22-3)14(12-7-5-4-6-8-12)19(10-9-17)16(21)18(11)2/h4-8,14H,10H2,1-3H3. The van der Waals surface area contributed by atoms with Crippen molar-refractivity contribution < 1.29 is 14.3 Å². The lowest BCUT2D eigenvalue weighted by molar-refractivity contribution is -0.137.